The normalized spacial score (nSPS) is 41.8. The van der Waals surface area contributed by atoms with Crippen LogP contribution in [0.15, 0.2) is 24.3 Å². The van der Waals surface area contributed by atoms with E-state index in [4.69, 9.17) is 4.74 Å². The summed E-state index contributed by atoms with van der Waals surface area (Å²) < 4.78 is 6.20. The van der Waals surface area contributed by atoms with Gasteiger partial charge in [-0.2, -0.15) is 0 Å². The summed E-state index contributed by atoms with van der Waals surface area (Å²) in [5.41, 5.74) is -0.191. The number of esters is 1. The average molecular weight is 641 g/mol. The molecule has 0 aromatic heterocycles. The van der Waals surface area contributed by atoms with Crippen molar-refractivity contribution in [2.45, 2.75) is 125 Å². The van der Waals surface area contributed by atoms with E-state index in [-0.39, 0.29) is 62.5 Å². The van der Waals surface area contributed by atoms with E-state index in [1.807, 2.05) is 0 Å². The van der Waals surface area contributed by atoms with Gasteiger partial charge in [0.25, 0.3) is 0 Å². The third-order valence-electron chi connectivity index (χ3n) is 15.2. The third kappa shape index (κ3) is 4.94. The highest BCUT2D eigenvalue weighted by molar-refractivity contribution is 6.02. The second-order valence-corrected chi connectivity index (χ2v) is 17.7. The number of ether oxygens (including phenoxy) is 1. The number of carboxylic acids is 2. The van der Waals surface area contributed by atoms with E-state index in [9.17, 15) is 24.6 Å². The van der Waals surface area contributed by atoms with Gasteiger partial charge in [0, 0.05) is 5.41 Å². The molecule has 0 spiro atoms. The number of hydrogen-bond acceptors (Lipinski definition) is 6. The highest BCUT2D eigenvalue weighted by atomic mass is 16.5. The second-order valence-electron chi connectivity index (χ2n) is 17.7. The molecule has 6 rings (SSSR count). The minimum absolute atomic E-state index is 0. The van der Waals surface area contributed by atoms with Crippen LogP contribution in [-0.4, -0.2) is 34.2 Å². The number of rotatable bonds is 4. The molecule has 5 saturated carbocycles. The molecule has 0 saturated heterocycles. The fourth-order valence-corrected chi connectivity index (χ4v) is 12.6. The first-order valence-electron chi connectivity index (χ1n) is 17.2. The maximum Gasteiger partial charge on any atom is 0.339 e. The second kappa shape index (κ2) is 11.6. The van der Waals surface area contributed by atoms with Gasteiger partial charge in [0.2, 0.25) is 0 Å². The lowest BCUT2D eigenvalue weighted by atomic mass is 9.31. The molecule has 46 heavy (non-hydrogen) atoms. The third-order valence-corrected chi connectivity index (χ3v) is 15.2. The number of benzene rings is 1. The van der Waals surface area contributed by atoms with Gasteiger partial charge in [0.1, 0.15) is 6.10 Å². The van der Waals surface area contributed by atoms with E-state index < -0.39 is 23.3 Å². The molecule has 0 bridgehead atoms. The molecule has 8 N–H and O–H groups in total. The van der Waals surface area contributed by atoms with E-state index in [2.05, 4.69) is 48.5 Å². The minimum atomic E-state index is -1.12. The first kappa shape index (κ1) is 36.4. The summed E-state index contributed by atoms with van der Waals surface area (Å²) in [6, 6.07) is 6.33. The zero-order valence-electron chi connectivity index (χ0n) is 29.4. The maximum atomic E-state index is 13.4. The first-order valence-corrected chi connectivity index (χ1v) is 17.2. The standard InChI is InChI=1S/C38H54O6.2H3N/c1-33(2)18-20-38(32(42)43)21-19-36(6)25(26(38)22-33)12-13-28-35(5)16-15-29(34(3,4)27(35)14-17-37(28,36)7)44-31(41)24-11-9-8-10-23(24)30(39)40;;/h8-11,25-29H,12-22H2,1-7H3,(H,39,40)(H,42,43);2*1H3/t25?,26?,27?,28?,29-,35-,36+,37+,38-;;/m0../s1. The molecule has 4 unspecified atom stereocenters. The Morgan fingerprint density at radius 2 is 1.33 bits per heavy atom. The van der Waals surface area contributed by atoms with Crippen LogP contribution in [0.2, 0.25) is 0 Å². The Kier molecular flexibility index (Phi) is 9.18. The lowest BCUT2D eigenvalue weighted by Gasteiger charge is -2.73. The van der Waals surface area contributed by atoms with E-state index >= 15 is 0 Å². The SMILES string of the molecule is CC1(C)CC[C@]2(C(=O)O)CC[C@]3(C)C(CCC4[C@@]5(C)CC[C@H](OC(=O)c6ccccc6C(=O)O)C(C)(C)C5CC[C@]43C)C2C1.N.N. The lowest BCUT2D eigenvalue weighted by molar-refractivity contribution is -0.254. The zero-order chi connectivity index (χ0) is 32.1. The van der Waals surface area contributed by atoms with Crippen molar-refractivity contribution in [2.24, 2.45) is 56.2 Å². The summed E-state index contributed by atoms with van der Waals surface area (Å²) >= 11 is 0. The Hall–Kier alpha value is -2.45. The van der Waals surface area contributed by atoms with Gasteiger partial charge in [-0.25, -0.2) is 9.59 Å². The topological polar surface area (TPSA) is 171 Å². The molecule has 0 amide bonds. The zero-order valence-corrected chi connectivity index (χ0v) is 29.4. The monoisotopic (exact) mass is 640 g/mol. The Morgan fingerprint density at radius 1 is 0.696 bits per heavy atom. The fourth-order valence-electron chi connectivity index (χ4n) is 12.6. The Balaban J connectivity index is 0.00000240. The van der Waals surface area contributed by atoms with E-state index in [1.54, 1.807) is 18.2 Å². The van der Waals surface area contributed by atoms with Crippen molar-refractivity contribution < 1.29 is 29.3 Å². The summed E-state index contributed by atoms with van der Waals surface area (Å²) in [6.45, 7) is 16.8. The quantitative estimate of drug-likeness (QED) is 0.236. The molecule has 258 valence electrons. The number of carboxylic acid groups (broad SMARTS) is 2. The number of aromatic carboxylic acids is 1. The predicted molar refractivity (Wildman–Crippen MR) is 179 cm³/mol. The van der Waals surface area contributed by atoms with Gasteiger partial charge in [-0.1, -0.05) is 60.6 Å². The van der Waals surface area contributed by atoms with Crippen LogP contribution in [0.5, 0.6) is 0 Å². The molecule has 5 aliphatic rings. The number of aliphatic carboxylic acids is 1. The largest absolute Gasteiger partial charge is 0.481 e. The molecule has 0 radical (unpaired) electrons. The van der Waals surface area contributed by atoms with Gasteiger partial charge >= 0.3 is 17.9 Å². The lowest BCUT2D eigenvalue weighted by Crippen LogP contribution is -2.67. The number of fused-ring (bicyclic) bond motifs is 7. The maximum absolute atomic E-state index is 13.4. The molecule has 9 atom stereocenters. The molecule has 5 aliphatic carbocycles. The highest BCUT2D eigenvalue weighted by Gasteiger charge is 2.71. The van der Waals surface area contributed by atoms with Crippen LogP contribution in [0.1, 0.15) is 140 Å². The Labute approximate surface area is 276 Å². The molecular formula is C38H60N2O6. The summed E-state index contributed by atoms with van der Waals surface area (Å²) in [5.74, 6) is -0.623. The van der Waals surface area contributed by atoms with Gasteiger partial charge in [0.05, 0.1) is 16.5 Å². The molecule has 8 heteroatoms. The van der Waals surface area contributed by atoms with Gasteiger partial charge in [-0.05, 0) is 128 Å². The summed E-state index contributed by atoms with van der Waals surface area (Å²) in [7, 11) is 0. The Morgan fingerprint density at radius 3 is 1.96 bits per heavy atom. The number of carbonyl (C=O) groups excluding carboxylic acids is 1. The van der Waals surface area contributed by atoms with Crippen LogP contribution in [0.3, 0.4) is 0 Å². The Bertz CT molecular complexity index is 1370. The molecule has 1 aromatic rings. The van der Waals surface area contributed by atoms with Crippen LogP contribution in [0, 0.1) is 56.2 Å². The summed E-state index contributed by atoms with van der Waals surface area (Å²) in [6.07, 6.45) is 10.6. The van der Waals surface area contributed by atoms with Crippen LogP contribution in [-0.2, 0) is 9.53 Å². The smallest absolute Gasteiger partial charge is 0.339 e. The van der Waals surface area contributed by atoms with Crippen LogP contribution < -0.4 is 12.3 Å². The predicted octanol–water partition coefficient (Wildman–Crippen LogP) is 9.20. The van der Waals surface area contributed by atoms with Crippen molar-refractivity contribution in [1.29, 1.82) is 0 Å². The fraction of sp³-hybridized carbons (Fsp3) is 0.763. The van der Waals surface area contributed by atoms with Crippen LogP contribution in [0.4, 0.5) is 0 Å². The van der Waals surface area contributed by atoms with E-state index in [0.29, 0.717) is 17.8 Å². The number of hydrogen-bond donors (Lipinski definition) is 4. The number of carbonyl (C=O) groups is 3. The highest BCUT2D eigenvalue weighted by Crippen LogP contribution is 2.77. The van der Waals surface area contributed by atoms with Gasteiger partial charge in [-0.15, -0.1) is 0 Å². The first-order chi connectivity index (χ1) is 20.4. The molecule has 1 aromatic carbocycles. The van der Waals surface area contributed by atoms with Crippen molar-refractivity contribution >= 4 is 17.9 Å². The van der Waals surface area contributed by atoms with Crippen LogP contribution in [0.25, 0.3) is 0 Å². The summed E-state index contributed by atoms with van der Waals surface area (Å²) in [5, 5.41) is 20.3. The average Bonchev–Trinajstić information content (AvgIpc) is 2.94. The van der Waals surface area contributed by atoms with Crippen molar-refractivity contribution in [3.63, 3.8) is 0 Å². The molecule has 0 heterocycles. The van der Waals surface area contributed by atoms with Gasteiger partial charge in [0.15, 0.2) is 0 Å². The van der Waals surface area contributed by atoms with Crippen LogP contribution >= 0.6 is 0 Å². The molecule has 8 nitrogen and oxygen atoms in total. The van der Waals surface area contributed by atoms with Gasteiger partial charge in [-0.3, -0.25) is 4.79 Å². The molecule has 0 aliphatic heterocycles. The minimum Gasteiger partial charge on any atom is -0.481 e. The van der Waals surface area contributed by atoms with E-state index in [1.165, 1.54) is 6.07 Å². The van der Waals surface area contributed by atoms with Gasteiger partial charge < -0.3 is 27.3 Å². The van der Waals surface area contributed by atoms with E-state index in [0.717, 1.165) is 70.6 Å². The van der Waals surface area contributed by atoms with Crippen molar-refractivity contribution in [3.05, 3.63) is 35.4 Å². The summed E-state index contributed by atoms with van der Waals surface area (Å²) in [4.78, 5) is 38.1. The van der Waals surface area contributed by atoms with Crippen molar-refractivity contribution in [2.75, 3.05) is 0 Å². The molecule has 5 fully saturated rings. The van der Waals surface area contributed by atoms with Crippen molar-refractivity contribution in [3.8, 4) is 0 Å². The van der Waals surface area contributed by atoms with Crippen molar-refractivity contribution in [1.82, 2.24) is 12.3 Å². The molecular weight excluding hydrogens is 580 g/mol.